The van der Waals surface area contributed by atoms with Crippen LogP contribution in [0.3, 0.4) is 0 Å². The largest absolute Gasteiger partial charge is 0.497 e. The van der Waals surface area contributed by atoms with Crippen LogP contribution in [0.5, 0.6) is 5.75 Å². The summed E-state index contributed by atoms with van der Waals surface area (Å²) in [5, 5.41) is 2.93. The second kappa shape index (κ2) is 5.87. The summed E-state index contributed by atoms with van der Waals surface area (Å²) in [5.74, 6) is 0.853. The number of hydrogen-bond acceptors (Lipinski definition) is 3. The number of benzene rings is 1. The molecule has 1 aliphatic carbocycles. The molecule has 0 aliphatic heterocycles. The third-order valence-electron chi connectivity index (χ3n) is 3.42. The molecule has 18 heavy (non-hydrogen) atoms. The number of rotatable bonds is 3. The second-order valence-corrected chi connectivity index (χ2v) is 4.84. The zero-order valence-electron chi connectivity index (χ0n) is 10.7. The second-order valence-electron chi connectivity index (χ2n) is 4.84. The van der Waals surface area contributed by atoms with Crippen molar-refractivity contribution in [3.05, 3.63) is 24.3 Å². The molecule has 98 valence electrons. The highest BCUT2D eigenvalue weighted by atomic mass is 16.5. The quantitative estimate of drug-likeness (QED) is 0.861. The Hall–Kier alpha value is -1.55. The third-order valence-corrected chi connectivity index (χ3v) is 3.42. The molecule has 0 heterocycles. The van der Waals surface area contributed by atoms with Crippen molar-refractivity contribution in [3.63, 3.8) is 0 Å². The van der Waals surface area contributed by atoms with Crippen LogP contribution >= 0.6 is 0 Å². The van der Waals surface area contributed by atoms with Gasteiger partial charge in [0.15, 0.2) is 0 Å². The van der Waals surface area contributed by atoms with Crippen LogP contribution in [0.1, 0.15) is 25.7 Å². The first-order chi connectivity index (χ1) is 8.69. The lowest BCUT2D eigenvalue weighted by atomic mass is 9.85. The van der Waals surface area contributed by atoms with Crippen LogP contribution in [0.4, 0.5) is 5.69 Å². The molecule has 4 heteroatoms. The molecule has 2 unspecified atom stereocenters. The first kappa shape index (κ1) is 12.9. The molecule has 0 spiro atoms. The maximum absolute atomic E-state index is 12.1. The fraction of sp³-hybridized carbons (Fsp3) is 0.500. The number of nitrogens with one attached hydrogen (secondary N) is 1. The van der Waals surface area contributed by atoms with Gasteiger partial charge in [0, 0.05) is 23.7 Å². The fourth-order valence-electron chi connectivity index (χ4n) is 2.41. The molecule has 1 aliphatic rings. The zero-order chi connectivity index (χ0) is 13.0. The number of hydrogen-bond donors (Lipinski definition) is 2. The van der Waals surface area contributed by atoms with Gasteiger partial charge in [-0.15, -0.1) is 0 Å². The van der Waals surface area contributed by atoms with Crippen molar-refractivity contribution >= 4 is 11.6 Å². The van der Waals surface area contributed by atoms with Gasteiger partial charge in [-0.25, -0.2) is 0 Å². The molecule has 4 nitrogen and oxygen atoms in total. The van der Waals surface area contributed by atoms with Gasteiger partial charge in [0.25, 0.3) is 0 Å². The summed E-state index contributed by atoms with van der Waals surface area (Å²) in [6.07, 6.45) is 3.79. The van der Waals surface area contributed by atoms with Crippen molar-refractivity contribution in [1.29, 1.82) is 0 Å². The Morgan fingerprint density at radius 3 is 3.00 bits per heavy atom. The maximum Gasteiger partial charge on any atom is 0.227 e. The van der Waals surface area contributed by atoms with Crippen LogP contribution in [0.15, 0.2) is 24.3 Å². The van der Waals surface area contributed by atoms with E-state index >= 15 is 0 Å². The zero-order valence-corrected chi connectivity index (χ0v) is 10.7. The van der Waals surface area contributed by atoms with E-state index in [1.807, 2.05) is 24.3 Å². The number of nitrogens with two attached hydrogens (primary N) is 1. The van der Waals surface area contributed by atoms with Gasteiger partial charge in [0.1, 0.15) is 5.75 Å². The Balaban J connectivity index is 1.97. The number of ether oxygens (including phenoxy) is 1. The molecular weight excluding hydrogens is 228 g/mol. The molecular formula is C14H20N2O2. The minimum absolute atomic E-state index is 0.0416. The number of anilines is 1. The summed E-state index contributed by atoms with van der Waals surface area (Å²) in [6.45, 7) is 0. The van der Waals surface area contributed by atoms with Crippen LogP contribution in [0, 0.1) is 5.92 Å². The molecule has 2 rings (SSSR count). The number of carbonyl (C=O) groups is 1. The molecule has 0 radical (unpaired) electrons. The molecule has 1 amide bonds. The van der Waals surface area contributed by atoms with E-state index in [-0.39, 0.29) is 17.9 Å². The van der Waals surface area contributed by atoms with Crippen LogP contribution in [-0.4, -0.2) is 19.1 Å². The summed E-state index contributed by atoms with van der Waals surface area (Å²) < 4.78 is 5.13. The van der Waals surface area contributed by atoms with Gasteiger partial charge in [-0.05, 0) is 31.4 Å². The predicted octanol–water partition coefficient (Wildman–Crippen LogP) is 2.15. The Kier molecular flexibility index (Phi) is 4.20. The SMILES string of the molecule is COc1cccc(NC(=O)C2CCCC(N)C2)c1. The van der Waals surface area contributed by atoms with Crippen molar-refractivity contribution in [3.8, 4) is 5.75 Å². The van der Waals surface area contributed by atoms with E-state index in [0.717, 1.165) is 37.1 Å². The molecule has 2 atom stereocenters. The van der Waals surface area contributed by atoms with E-state index in [0.29, 0.717) is 0 Å². The van der Waals surface area contributed by atoms with Crippen molar-refractivity contribution in [2.24, 2.45) is 11.7 Å². The number of carbonyl (C=O) groups excluding carboxylic acids is 1. The molecule has 0 bridgehead atoms. The molecule has 0 saturated heterocycles. The highest BCUT2D eigenvalue weighted by Gasteiger charge is 2.25. The Labute approximate surface area is 108 Å². The lowest BCUT2D eigenvalue weighted by Gasteiger charge is -2.25. The van der Waals surface area contributed by atoms with E-state index in [9.17, 15) is 4.79 Å². The molecule has 3 N–H and O–H groups in total. The summed E-state index contributed by atoms with van der Waals surface area (Å²) in [4.78, 5) is 12.1. The topological polar surface area (TPSA) is 64.3 Å². The molecule has 0 aromatic heterocycles. The van der Waals surface area contributed by atoms with E-state index in [1.54, 1.807) is 7.11 Å². The molecule has 1 aromatic rings. The Bertz CT molecular complexity index is 420. The maximum atomic E-state index is 12.1. The molecule has 1 fully saturated rings. The van der Waals surface area contributed by atoms with Crippen molar-refractivity contribution < 1.29 is 9.53 Å². The summed E-state index contributed by atoms with van der Waals surface area (Å²) >= 11 is 0. The van der Waals surface area contributed by atoms with Gasteiger partial charge in [0.05, 0.1) is 7.11 Å². The van der Waals surface area contributed by atoms with Crippen LogP contribution < -0.4 is 15.8 Å². The van der Waals surface area contributed by atoms with Crippen molar-refractivity contribution in [1.82, 2.24) is 0 Å². The van der Waals surface area contributed by atoms with Gasteiger partial charge in [0.2, 0.25) is 5.91 Å². The Morgan fingerprint density at radius 1 is 1.44 bits per heavy atom. The van der Waals surface area contributed by atoms with Gasteiger partial charge in [-0.1, -0.05) is 12.5 Å². The molecule has 1 aromatic carbocycles. The normalized spacial score (nSPS) is 23.4. The lowest BCUT2D eigenvalue weighted by molar-refractivity contribution is -0.120. The Morgan fingerprint density at radius 2 is 2.28 bits per heavy atom. The van der Waals surface area contributed by atoms with Gasteiger partial charge in [-0.3, -0.25) is 4.79 Å². The van der Waals surface area contributed by atoms with Crippen LogP contribution in [0.2, 0.25) is 0 Å². The fourth-order valence-corrected chi connectivity index (χ4v) is 2.41. The highest BCUT2D eigenvalue weighted by Crippen LogP contribution is 2.25. The first-order valence-electron chi connectivity index (χ1n) is 6.39. The molecule has 1 saturated carbocycles. The monoisotopic (exact) mass is 248 g/mol. The minimum Gasteiger partial charge on any atom is -0.497 e. The van der Waals surface area contributed by atoms with Gasteiger partial charge < -0.3 is 15.8 Å². The lowest BCUT2D eigenvalue weighted by Crippen LogP contribution is -2.34. The summed E-state index contributed by atoms with van der Waals surface area (Å²) in [6, 6.07) is 7.57. The van der Waals surface area contributed by atoms with Gasteiger partial charge >= 0.3 is 0 Å². The number of methoxy groups -OCH3 is 1. The highest BCUT2D eigenvalue weighted by molar-refractivity contribution is 5.92. The van der Waals surface area contributed by atoms with Crippen molar-refractivity contribution in [2.75, 3.05) is 12.4 Å². The van der Waals surface area contributed by atoms with E-state index in [1.165, 1.54) is 0 Å². The average molecular weight is 248 g/mol. The first-order valence-corrected chi connectivity index (χ1v) is 6.39. The van der Waals surface area contributed by atoms with E-state index in [4.69, 9.17) is 10.5 Å². The summed E-state index contributed by atoms with van der Waals surface area (Å²) in [5.41, 5.74) is 6.68. The summed E-state index contributed by atoms with van der Waals surface area (Å²) in [7, 11) is 1.61. The average Bonchev–Trinajstić information content (AvgIpc) is 2.39. The van der Waals surface area contributed by atoms with E-state index in [2.05, 4.69) is 5.32 Å². The van der Waals surface area contributed by atoms with Gasteiger partial charge in [-0.2, -0.15) is 0 Å². The van der Waals surface area contributed by atoms with Crippen LogP contribution in [0.25, 0.3) is 0 Å². The number of amides is 1. The van der Waals surface area contributed by atoms with E-state index < -0.39 is 0 Å². The van der Waals surface area contributed by atoms with Crippen molar-refractivity contribution in [2.45, 2.75) is 31.7 Å². The third kappa shape index (κ3) is 3.23. The predicted molar refractivity (Wildman–Crippen MR) is 71.6 cm³/mol. The standard InChI is InChI=1S/C14H20N2O2/c1-18-13-7-3-6-12(9-13)16-14(17)10-4-2-5-11(15)8-10/h3,6-7,9-11H,2,4-5,8,15H2,1H3,(H,16,17). The van der Waals surface area contributed by atoms with Crippen LogP contribution in [-0.2, 0) is 4.79 Å². The minimum atomic E-state index is 0.0416. The smallest absolute Gasteiger partial charge is 0.227 e.